The first-order valence-corrected chi connectivity index (χ1v) is 9.35. The lowest BCUT2D eigenvalue weighted by molar-refractivity contribution is 0.0693. The number of anilines is 1. The number of carboxylic acids is 1. The molecule has 0 fully saturated rings. The van der Waals surface area contributed by atoms with E-state index in [-0.39, 0.29) is 17.0 Å². The normalized spacial score (nSPS) is 11.9. The lowest BCUT2D eigenvalue weighted by Gasteiger charge is -2.10. The molecule has 10 heteroatoms. The van der Waals surface area contributed by atoms with Gasteiger partial charge >= 0.3 is 5.97 Å². The Balaban J connectivity index is 2.95. The van der Waals surface area contributed by atoms with Gasteiger partial charge < -0.3 is 9.84 Å². The molecule has 2 N–H and O–H groups in total. The van der Waals surface area contributed by atoms with Gasteiger partial charge in [-0.3, -0.25) is 4.72 Å². The summed E-state index contributed by atoms with van der Waals surface area (Å²) in [6.07, 6.45) is 0.938. The molecule has 0 saturated heterocycles. The fraction of sp³-hybridized carbons (Fsp3) is 0.364. The van der Waals surface area contributed by atoms with Crippen LogP contribution in [0, 0.1) is 0 Å². The first-order valence-electron chi connectivity index (χ1n) is 5.63. The largest absolute Gasteiger partial charge is 0.496 e. The molecule has 0 radical (unpaired) electrons. The van der Waals surface area contributed by atoms with Crippen LogP contribution in [0.3, 0.4) is 0 Å². The third kappa shape index (κ3) is 5.60. The summed E-state index contributed by atoms with van der Waals surface area (Å²) in [5.41, 5.74) is -0.0260. The van der Waals surface area contributed by atoms with Crippen molar-refractivity contribution in [3.63, 3.8) is 0 Å². The summed E-state index contributed by atoms with van der Waals surface area (Å²) < 4.78 is 52.4. The van der Waals surface area contributed by atoms with Gasteiger partial charge in [0.05, 0.1) is 24.3 Å². The fourth-order valence-corrected chi connectivity index (χ4v) is 4.10. The minimum absolute atomic E-state index is 0.00851. The molecule has 1 rings (SSSR count). The van der Waals surface area contributed by atoms with Crippen molar-refractivity contribution in [2.75, 3.05) is 29.6 Å². The average Bonchev–Trinajstić information content (AvgIpc) is 2.35. The molecule has 0 heterocycles. The summed E-state index contributed by atoms with van der Waals surface area (Å²) >= 11 is 0. The predicted molar refractivity (Wildman–Crippen MR) is 77.1 cm³/mol. The molecule has 21 heavy (non-hydrogen) atoms. The number of sulfone groups is 1. The molecule has 1 aromatic rings. The van der Waals surface area contributed by atoms with Gasteiger partial charge in [-0.2, -0.15) is 0 Å². The summed E-state index contributed by atoms with van der Waals surface area (Å²) in [5, 5.41) is 8.91. The summed E-state index contributed by atoms with van der Waals surface area (Å²) in [4.78, 5) is 10.9. The fourth-order valence-electron chi connectivity index (χ4n) is 1.42. The van der Waals surface area contributed by atoms with Gasteiger partial charge in [-0.15, -0.1) is 0 Å². The summed E-state index contributed by atoms with van der Waals surface area (Å²) in [6.45, 7) is 0. The molecule has 8 nitrogen and oxygen atoms in total. The van der Waals surface area contributed by atoms with Crippen molar-refractivity contribution in [2.24, 2.45) is 0 Å². The van der Waals surface area contributed by atoms with E-state index in [0.29, 0.717) is 0 Å². The van der Waals surface area contributed by atoms with Crippen LogP contribution in [0.5, 0.6) is 5.75 Å². The van der Waals surface area contributed by atoms with E-state index in [0.717, 1.165) is 6.26 Å². The lowest BCUT2D eigenvalue weighted by atomic mass is 10.2. The zero-order valence-electron chi connectivity index (χ0n) is 11.4. The lowest BCUT2D eigenvalue weighted by Crippen LogP contribution is -2.22. The van der Waals surface area contributed by atoms with E-state index in [1.807, 2.05) is 0 Å². The summed E-state index contributed by atoms with van der Waals surface area (Å²) in [6, 6.07) is 3.65. The van der Waals surface area contributed by atoms with Gasteiger partial charge in [0, 0.05) is 12.3 Å². The number of hydrogen-bond acceptors (Lipinski definition) is 6. The Labute approximate surface area is 122 Å². The highest BCUT2D eigenvalue weighted by Crippen LogP contribution is 2.23. The monoisotopic (exact) mass is 337 g/mol. The van der Waals surface area contributed by atoms with Gasteiger partial charge in [0.15, 0.2) is 0 Å². The number of rotatable bonds is 7. The highest BCUT2D eigenvalue weighted by molar-refractivity contribution is 7.95. The second-order valence-electron chi connectivity index (χ2n) is 4.27. The Morgan fingerprint density at radius 2 is 1.86 bits per heavy atom. The Bertz CT molecular complexity index is 738. The Hall–Kier alpha value is -1.81. The molecule has 0 aromatic heterocycles. The maximum absolute atomic E-state index is 11.7. The van der Waals surface area contributed by atoms with Crippen LogP contribution in [0.15, 0.2) is 18.2 Å². The van der Waals surface area contributed by atoms with Gasteiger partial charge in [0.1, 0.15) is 21.2 Å². The first kappa shape index (κ1) is 17.2. The summed E-state index contributed by atoms with van der Waals surface area (Å²) in [7, 11) is -6.01. The molecule has 0 amide bonds. The smallest absolute Gasteiger partial charge is 0.339 e. The van der Waals surface area contributed by atoms with Crippen LogP contribution >= 0.6 is 0 Å². The van der Waals surface area contributed by atoms with Crippen molar-refractivity contribution in [3.8, 4) is 5.75 Å². The quantitative estimate of drug-likeness (QED) is 0.726. The van der Waals surface area contributed by atoms with E-state index in [1.54, 1.807) is 0 Å². The van der Waals surface area contributed by atoms with E-state index >= 15 is 0 Å². The maximum atomic E-state index is 11.7. The highest BCUT2D eigenvalue weighted by Gasteiger charge is 2.17. The highest BCUT2D eigenvalue weighted by atomic mass is 32.2. The van der Waals surface area contributed by atoms with Gasteiger partial charge in [0.2, 0.25) is 10.0 Å². The zero-order chi connectivity index (χ0) is 16.3. The molecule has 0 bridgehead atoms. The van der Waals surface area contributed by atoms with Crippen LogP contribution in [0.2, 0.25) is 0 Å². The number of carboxylic acid groups (broad SMARTS) is 1. The third-order valence-electron chi connectivity index (χ3n) is 2.43. The van der Waals surface area contributed by atoms with Crippen molar-refractivity contribution < 1.29 is 31.5 Å². The van der Waals surface area contributed by atoms with Crippen molar-refractivity contribution in [1.82, 2.24) is 0 Å². The first-order chi connectivity index (χ1) is 9.54. The topological polar surface area (TPSA) is 127 Å². The molecule has 0 atom stereocenters. The second-order valence-corrected chi connectivity index (χ2v) is 8.37. The number of aromatic carboxylic acids is 1. The minimum Gasteiger partial charge on any atom is -0.496 e. The van der Waals surface area contributed by atoms with Gasteiger partial charge in [0.25, 0.3) is 0 Å². The Morgan fingerprint density at radius 1 is 1.24 bits per heavy atom. The molecule has 0 saturated carbocycles. The molecular formula is C11H15NO7S2. The van der Waals surface area contributed by atoms with E-state index < -0.39 is 37.3 Å². The van der Waals surface area contributed by atoms with Crippen molar-refractivity contribution >= 4 is 31.5 Å². The van der Waals surface area contributed by atoms with E-state index in [4.69, 9.17) is 9.84 Å². The molecule has 0 aliphatic rings. The molecule has 1 aromatic carbocycles. The Morgan fingerprint density at radius 3 is 2.33 bits per heavy atom. The Kier molecular flexibility index (Phi) is 5.18. The molecule has 0 unspecified atom stereocenters. The maximum Gasteiger partial charge on any atom is 0.339 e. The summed E-state index contributed by atoms with van der Waals surface area (Å²) in [5.74, 6) is -2.31. The standard InChI is InChI=1S/C11H15NO7S2/c1-19-10-7-8(3-4-9(10)11(13)14)12-21(17,18)6-5-20(2,15)16/h3-4,7,12H,5-6H2,1-2H3,(H,13,14). The van der Waals surface area contributed by atoms with Gasteiger partial charge in [-0.25, -0.2) is 21.6 Å². The van der Waals surface area contributed by atoms with Crippen molar-refractivity contribution in [1.29, 1.82) is 0 Å². The second kappa shape index (κ2) is 6.31. The third-order valence-corrected chi connectivity index (χ3v) is 4.92. The van der Waals surface area contributed by atoms with Crippen molar-refractivity contribution in [2.45, 2.75) is 0 Å². The van der Waals surface area contributed by atoms with Crippen LogP contribution in [0.25, 0.3) is 0 Å². The molecule has 118 valence electrons. The van der Waals surface area contributed by atoms with E-state index in [9.17, 15) is 21.6 Å². The SMILES string of the molecule is COc1cc(NS(=O)(=O)CCS(C)(=O)=O)ccc1C(=O)O. The van der Waals surface area contributed by atoms with E-state index in [2.05, 4.69) is 4.72 Å². The number of sulfonamides is 1. The number of ether oxygens (including phenoxy) is 1. The zero-order valence-corrected chi connectivity index (χ0v) is 13.0. The van der Waals surface area contributed by atoms with E-state index in [1.165, 1.54) is 25.3 Å². The van der Waals surface area contributed by atoms with Crippen LogP contribution in [0.1, 0.15) is 10.4 Å². The number of benzene rings is 1. The van der Waals surface area contributed by atoms with Gasteiger partial charge in [-0.1, -0.05) is 0 Å². The van der Waals surface area contributed by atoms with Crippen molar-refractivity contribution in [3.05, 3.63) is 23.8 Å². The van der Waals surface area contributed by atoms with Gasteiger partial charge in [-0.05, 0) is 12.1 Å². The number of hydrogen-bond donors (Lipinski definition) is 2. The van der Waals surface area contributed by atoms with Crippen LogP contribution in [-0.4, -0.2) is 52.8 Å². The molecule has 0 aliphatic carbocycles. The number of nitrogens with one attached hydrogen (secondary N) is 1. The van der Waals surface area contributed by atoms with Crippen LogP contribution < -0.4 is 9.46 Å². The average molecular weight is 337 g/mol. The molecule has 0 spiro atoms. The number of carbonyl (C=O) groups is 1. The van der Waals surface area contributed by atoms with Crippen LogP contribution in [0.4, 0.5) is 5.69 Å². The van der Waals surface area contributed by atoms with Crippen LogP contribution in [-0.2, 0) is 19.9 Å². The molecular weight excluding hydrogens is 322 g/mol. The minimum atomic E-state index is -3.86. The molecule has 0 aliphatic heterocycles. The number of methoxy groups -OCH3 is 1. The predicted octanol–water partition coefficient (Wildman–Crippen LogP) is 0.180.